The summed E-state index contributed by atoms with van der Waals surface area (Å²) in [7, 11) is 0. The van der Waals surface area contributed by atoms with Crippen LogP contribution in [0.25, 0.3) is 33.7 Å². The Kier molecular flexibility index (Phi) is 13.0. The van der Waals surface area contributed by atoms with Crippen molar-refractivity contribution in [3.63, 3.8) is 0 Å². The molecular formula is C53H45N3O6S. The maximum atomic E-state index is 13.0. The standard InChI is InChI=1S/C53H45N3O6S/c57-34-36-20-22-38(23-21-36)48-32-46(35-63-53-56-49(39-12-4-1-5-13-39)50(62-53)40-14-6-2-7-15-40)60-51(61-48)41-26-24-37(25-27-41)47-19-11-10-16-42(47)33-54-52(58)55-43-28-30-45(31-29-43)59-44-17-8-3-9-18-44/h1-31,46,48,51,57H,32-35H2,(H2,54,55,58)/t46-,48+,51+/m1/s1. The summed E-state index contributed by atoms with van der Waals surface area (Å²) in [4.78, 5) is 17.9. The predicted molar refractivity (Wildman–Crippen MR) is 247 cm³/mol. The first kappa shape index (κ1) is 41.4. The highest BCUT2D eigenvalue weighted by Gasteiger charge is 2.33. The van der Waals surface area contributed by atoms with E-state index < -0.39 is 6.29 Å². The Labute approximate surface area is 370 Å². The van der Waals surface area contributed by atoms with Gasteiger partial charge >= 0.3 is 6.03 Å². The molecule has 9 nitrogen and oxygen atoms in total. The number of rotatable bonds is 14. The highest BCUT2D eigenvalue weighted by molar-refractivity contribution is 7.99. The van der Waals surface area contributed by atoms with Crippen molar-refractivity contribution in [3.05, 3.63) is 210 Å². The fraction of sp³-hybridized carbons (Fsp3) is 0.132. The lowest BCUT2D eigenvalue weighted by Crippen LogP contribution is -2.31. The Hall–Kier alpha value is -6.95. The smallest absolute Gasteiger partial charge is 0.319 e. The Morgan fingerprint density at radius 1 is 0.667 bits per heavy atom. The first-order chi connectivity index (χ1) is 31.0. The van der Waals surface area contributed by atoms with E-state index in [0.29, 0.717) is 35.4 Å². The van der Waals surface area contributed by atoms with Crippen molar-refractivity contribution in [1.29, 1.82) is 0 Å². The van der Waals surface area contributed by atoms with Gasteiger partial charge in [-0.1, -0.05) is 163 Å². The number of benzene rings is 7. The molecule has 0 aliphatic carbocycles. The van der Waals surface area contributed by atoms with Crippen LogP contribution in [0.15, 0.2) is 198 Å². The third-order valence-electron chi connectivity index (χ3n) is 10.7. The van der Waals surface area contributed by atoms with Crippen molar-refractivity contribution in [2.24, 2.45) is 0 Å². The largest absolute Gasteiger partial charge is 0.457 e. The van der Waals surface area contributed by atoms with Crippen LogP contribution in [0.4, 0.5) is 10.5 Å². The lowest BCUT2D eigenvalue weighted by atomic mass is 9.98. The number of carbonyl (C=O) groups excluding carboxylic acids is 1. The normalized spacial score (nSPS) is 16.0. The molecule has 0 unspecified atom stereocenters. The van der Waals surface area contributed by atoms with Crippen LogP contribution in [0, 0.1) is 0 Å². The van der Waals surface area contributed by atoms with Gasteiger partial charge in [0.15, 0.2) is 12.1 Å². The molecule has 1 aliphatic heterocycles. The van der Waals surface area contributed by atoms with E-state index in [2.05, 4.69) is 28.8 Å². The molecule has 63 heavy (non-hydrogen) atoms. The van der Waals surface area contributed by atoms with Gasteiger partial charge in [0, 0.05) is 41.1 Å². The Morgan fingerprint density at radius 2 is 1.30 bits per heavy atom. The maximum absolute atomic E-state index is 13.0. The minimum Gasteiger partial charge on any atom is -0.457 e. The van der Waals surface area contributed by atoms with Gasteiger partial charge in [0.25, 0.3) is 5.22 Å². The van der Waals surface area contributed by atoms with E-state index in [4.69, 9.17) is 23.6 Å². The van der Waals surface area contributed by atoms with Crippen LogP contribution >= 0.6 is 11.8 Å². The van der Waals surface area contributed by atoms with Gasteiger partial charge in [-0.15, -0.1) is 0 Å². The van der Waals surface area contributed by atoms with E-state index in [1.807, 2.05) is 170 Å². The summed E-state index contributed by atoms with van der Waals surface area (Å²) in [5.74, 6) is 2.75. The van der Waals surface area contributed by atoms with Crippen LogP contribution in [0.1, 0.15) is 41.1 Å². The summed E-state index contributed by atoms with van der Waals surface area (Å²) in [6.45, 7) is 0.302. The molecule has 1 aliphatic rings. The number of para-hydroxylation sites is 1. The molecule has 3 N–H and O–H groups in total. The summed E-state index contributed by atoms with van der Waals surface area (Å²) >= 11 is 1.53. The van der Waals surface area contributed by atoms with E-state index >= 15 is 0 Å². The molecule has 2 amide bonds. The minimum atomic E-state index is -0.634. The molecule has 1 saturated heterocycles. The zero-order valence-electron chi connectivity index (χ0n) is 34.3. The van der Waals surface area contributed by atoms with Crippen LogP contribution in [-0.4, -0.2) is 28.0 Å². The number of hydrogen-bond donors (Lipinski definition) is 3. The third kappa shape index (κ3) is 10.4. The molecule has 7 aromatic carbocycles. The van der Waals surface area contributed by atoms with Gasteiger partial charge in [-0.2, -0.15) is 0 Å². The summed E-state index contributed by atoms with van der Waals surface area (Å²) in [5.41, 5.74) is 9.12. The molecule has 8 aromatic rings. The van der Waals surface area contributed by atoms with E-state index in [9.17, 15) is 9.90 Å². The average Bonchev–Trinajstić information content (AvgIpc) is 3.79. The van der Waals surface area contributed by atoms with Crippen LogP contribution < -0.4 is 15.4 Å². The van der Waals surface area contributed by atoms with E-state index in [-0.39, 0.29) is 24.8 Å². The number of anilines is 1. The van der Waals surface area contributed by atoms with Crippen LogP contribution in [0.2, 0.25) is 0 Å². The van der Waals surface area contributed by atoms with Crippen LogP contribution in [0.5, 0.6) is 11.5 Å². The van der Waals surface area contributed by atoms with Gasteiger partial charge in [-0.3, -0.25) is 0 Å². The topological polar surface area (TPSA) is 115 Å². The molecule has 1 aromatic heterocycles. The number of amides is 2. The Morgan fingerprint density at radius 3 is 2.02 bits per heavy atom. The monoisotopic (exact) mass is 851 g/mol. The highest BCUT2D eigenvalue weighted by atomic mass is 32.2. The first-order valence-electron chi connectivity index (χ1n) is 20.9. The second-order valence-corrected chi connectivity index (χ2v) is 16.0. The summed E-state index contributed by atoms with van der Waals surface area (Å²) in [6, 6.07) is 60.8. The van der Waals surface area contributed by atoms with Crippen molar-refractivity contribution in [2.75, 3.05) is 11.1 Å². The number of nitrogens with one attached hydrogen (secondary N) is 2. The molecule has 1 fully saturated rings. The number of aromatic nitrogens is 1. The quantitative estimate of drug-likeness (QED) is 0.0927. The fourth-order valence-electron chi connectivity index (χ4n) is 7.48. The zero-order chi connectivity index (χ0) is 42.8. The Bertz CT molecular complexity index is 2660. The van der Waals surface area contributed by atoms with Gasteiger partial charge in [-0.05, 0) is 64.2 Å². The molecule has 3 atom stereocenters. The van der Waals surface area contributed by atoms with Crippen LogP contribution in [-0.2, 0) is 22.6 Å². The number of nitrogens with zero attached hydrogens (tertiary/aromatic N) is 1. The summed E-state index contributed by atoms with van der Waals surface area (Å²) in [6.07, 6.45) is -0.448. The molecule has 10 heteroatoms. The lowest BCUT2D eigenvalue weighted by Gasteiger charge is -2.36. The highest BCUT2D eigenvalue weighted by Crippen LogP contribution is 2.41. The van der Waals surface area contributed by atoms with Crippen molar-refractivity contribution in [2.45, 2.75) is 43.3 Å². The van der Waals surface area contributed by atoms with E-state index in [0.717, 1.165) is 61.7 Å². The number of aliphatic hydroxyl groups is 1. The van der Waals surface area contributed by atoms with Gasteiger partial charge in [0.05, 0.1) is 18.8 Å². The van der Waals surface area contributed by atoms with E-state index in [1.165, 1.54) is 11.8 Å². The SMILES string of the molecule is O=C(NCc1ccccc1-c1ccc([C@H]2O[C@@H](CSc3nc(-c4ccccc4)c(-c4ccccc4)o3)C[C@@H](c3ccc(CO)cc3)O2)cc1)Nc1ccc(Oc2ccccc2)cc1. The maximum Gasteiger partial charge on any atom is 0.319 e. The van der Waals surface area contributed by atoms with Gasteiger partial charge in [0.1, 0.15) is 17.2 Å². The van der Waals surface area contributed by atoms with Gasteiger partial charge in [-0.25, -0.2) is 9.78 Å². The number of oxazole rings is 1. The second kappa shape index (κ2) is 19.8. The number of carbonyl (C=O) groups is 1. The number of ether oxygens (including phenoxy) is 3. The van der Waals surface area contributed by atoms with E-state index in [1.54, 1.807) is 0 Å². The molecular weight excluding hydrogens is 807 g/mol. The van der Waals surface area contributed by atoms with Gasteiger partial charge in [0.2, 0.25) is 0 Å². The lowest BCUT2D eigenvalue weighted by molar-refractivity contribution is -0.245. The van der Waals surface area contributed by atoms with Crippen molar-refractivity contribution in [3.8, 4) is 45.2 Å². The number of thioether (sulfide) groups is 1. The molecule has 0 spiro atoms. The molecule has 0 radical (unpaired) electrons. The fourth-order valence-corrected chi connectivity index (χ4v) is 8.32. The summed E-state index contributed by atoms with van der Waals surface area (Å²) < 4.78 is 25.7. The third-order valence-corrected chi connectivity index (χ3v) is 11.7. The summed E-state index contributed by atoms with van der Waals surface area (Å²) in [5, 5.41) is 16.2. The van der Waals surface area contributed by atoms with Crippen LogP contribution in [0.3, 0.4) is 0 Å². The molecule has 0 saturated carbocycles. The number of hydrogen-bond acceptors (Lipinski definition) is 8. The van der Waals surface area contributed by atoms with Crippen molar-refractivity contribution >= 4 is 23.5 Å². The molecule has 0 bridgehead atoms. The average molecular weight is 852 g/mol. The van der Waals surface area contributed by atoms with Crippen molar-refractivity contribution in [1.82, 2.24) is 10.3 Å². The molecule has 9 rings (SSSR count). The molecule has 314 valence electrons. The second-order valence-electron chi connectivity index (χ2n) is 15.1. The first-order valence-corrected chi connectivity index (χ1v) is 21.8. The van der Waals surface area contributed by atoms with Gasteiger partial charge < -0.3 is 34.4 Å². The Balaban J connectivity index is 0.881. The molecule has 2 heterocycles. The zero-order valence-corrected chi connectivity index (χ0v) is 35.1. The van der Waals surface area contributed by atoms with Crippen molar-refractivity contribution < 1.29 is 28.5 Å². The number of aliphatic hydroxyl groups excluding tert-OH is 1. The number of urea groups is 1. The minimum absolute atomic E-state index is 0.0257. The predicted octanol–water partition coefficient (Wildman–Crippen LogP) is 12.6.